The molecule has 1 rings (SSSR count). The van der Waals surface area contributed by atoms with E-state index in [2.05, 4.69) is 18.7 Å². The van der Waals surface area contributed by atoms with Crippen molar-refractivity contribution in [2.75, 3.05) is 13.1 Å². The maximum absolute atomic E-state index is 9.04. The fourth-order valence-electron chi connectivity index (χ4n) is 1.56. The van der Waals surface area contributed by atoms with Crippen LogP contribution in [0.2, 0.25) is 0 Å². The topological polar surface area (TPSA) is 43.7 Å². The van der Waals surface area contributed by atoms with Gasteiger partial charge in [0.05, 0.1) is 0 Å². The minimum Gasteiger partial charge on any atom is -0.423 e. The fourth-order valence-corrected chi connectivity index (χ4v) is 1.56. The summed E-state index contributed by atoms with van der Waals surface area (Å²) in [7, 11) is -1.37. The lowest BCUT2D eigenvalue weighted by Gasteiger charge is -2.18. The Kier molecular flexibility index (Phi) is 4.82. The van der Waals surface area contributed by atoms with Gasteiger partial charge in [-0.3, -0.25) is 4.90 Å². The summed E-state index contributed by atoms with van der Waals surface area (Å²) in [6.07, 6.45) is 0. The average molecular weight is 207 g/mol. The van der Waals surface area contributed by atoms with Crippen molar-refractivity contribution >= 4 is 12.6 Å². The number of rotatable bonds is 5. The first kappa shape index (κ1) is 12.2. The van der Waals surface area contributed by atoms with E-state index in [0.717, 1.165) is 25.2 Å². The van der Waals surface area contributed by atoms with Crippen LogP contribution in [0.5, 0.6) is 0 Å². The van der Waals surface area contributed by atoms with Crippen molar-refractivity contribution in [1.82, 2.24) is 4.90 Å². The van der Waals surface area contributed by atoms with Gasteiger partial charge in [0.25, 0.3) is 0 Å². The molecule has 4 heteroatoms. The molecular weight excluding hydrogens is 189 g/mol. The zero-order chi connectivity index (χ0) is 11.3. The molecule has 0 aliphatic heterocycles. The Balaban J connectivity index is 2.72. The molecule has 0 aliphatic carbocycles. The Labute approximate surface area is 91.5 Å². The third-order valence-corrected chi connectivity index (χ3v) is 2.55. The van der Waals surface area contributed by atoms with Crippen molar-refractivity contribution < 1.29 is 10.0 Å². The quantitative estimate of drug-likeness (QED) is 0.678. The first-order valence-electron chi connectivity index (χ1n) is 5.34. The third-order valence-electron chi connectivity index (χ3n) is 2.55. The van der Waals surface area contributed by atoms with E-state index in [4.69, 9.17) is 10.0 Å². The molecule has 0 saturated heterocycles. The summed E-state index contributed by atoms with van der Waals surface area (Å²) in [5.41, 5.74) is 1.67. The first-order valence-corrected chi connectivity index (χ1v) is 5.34. The van der Waals surface area contributed by atoms with Crippen LogP contribution in [0.3, 0.4) is 0 Å². The predicted octanol–water partition coefficient (Wildman–Crippen LogP) is 0.208. The first-order chi connectivity index (χ1) is 7.17. The van der Waals surface area contributed by atoms with Crippen LogP contribution in [0, 0.1) is 0 Å². The predicted molar refractivity (Wildman–Crippen MR) is 62.9 cm³/mol. The van der Waals surface area contributed by atoms with Crippen molar-refractivity contribution in [3.05, 3.63) is 29.8 Å². The second-order valence-electron chi connectivity index (χ2n) is 3.58. The molecule has 15 heavy (non-hydrogen) atoms. The molecule has 0 unspecified atom stereocenters. The van der Waals surface area contributed by atoms with Crippen LogP contribution in [-0.2, 0) is 6.54 Å². The lowest BCUT2D eigenvalue weighted by molar-refractivity contribution is 0.296. The molecular formula is C11H18BNO2. The summed E-state index contributed by atoms with van der Waals surface area (Å²) in [4.78, 5) is 2.28. The van der Waals surface area contributed by atoms with Crippen molar-refractivity contribution in [3.8, 4) is 0 Å². The van der Waals surface area contributed by atoms with E-state index in [9.17, 15) is 0 Å². The van der Waals surface area contributed by atoms with Gasteiger partial charge in [-0.15, -0.1) is 0 Å². The summed E-state index contributed by atoms with van der Waals surface area (Å²) in [6.45, 7) is 7.10. The normalized spacial score (nSPS) is 10.7. The number of nitrogens with zero attached hydrogens (tertiary/aromatic N) is 1. The highest BCUT2D eigenvalue weighted by atomic mass is 16.4. The Bertz CT molecular complexity index is 300. The molecule has 82 valence electrons. The number of hydrogen-bond donors (Lipinski definition) is 2. The highest BCUT2D eigenvalue weighted by Crippen LogP contribution is 2.02. The molecule has 0 bridgehead atoms. The molecule has 0 saturated carbocycles. The van der Waals surface area contributed by atoms with Gasteiger partial charge in [0.1, 0.15) is 0 Å². The van der Waals surface area contributed by atoms with Gasteiger partial charge >= 0.3 is 7.12 Å². The lowest BCUT2D eigenvalue weighted by Crippen LogP contribution is -2.30. The molecule has 0 atom stereocenters. The van der Waals surface area contributed by atoms with Gasteiger partial charge in [-0.2, -0.15) is 0 Å². The highest BCUT2D eigenvalue weighted by Gasteiger charge is 2.11. The van der Waals surface area contributed by atoms with Crippen LogP contribution in [0.15, 0.2) is 24.3 Å². The van der Waals surface area contributed by atoms with Crippen LogP contribution in [0.4, 0.5) is 0 Å². The average Bonchev–Trinajstić information content (AvgIpc) is 2.26. The molecule has 0 aliphatic rings. The zero-order valence-electron chi connectivity index (χ0n) is 9.35. The molecule has 0 aromatic heterocycles. The van der Waals surface area contributed by atoms with Crippen molar-refractivity contribution in [2.45, 2.75) is 20.4 Å². The zero-order valence-corrected chi connectivity index (χ0v) is 9.35. The molecule has 0 heterocycles. The Morgan fingerprint density at radius 1 is 1.20 bits per heavy atom. The minimum atomic E-state index is -1.37. The molecule has 0 radical (unpaired) electrons. The van der Waals surface area contributed by atoms with E-state index in [0.29, 0.717) is 5.46 Å². The maximum atomic E-state index is 9.04. The lowest BCUT2D eigenvalue weighted by atomic mass is 9.79. The summed E-state index contributed by atoms with van der Waals surface area (Å²) in [6, 6.07) is 7.41. The van der Waals surface area contributed by atoms with E-state index in [-0.39, 0.29) is 0 Å². The standard InChI is InChI=1S/C11H18BNO2/c1-3-13(4-2)9-10-6-5-7-11(8-10)12(14)15/h5-8,14-15H,3-4,9H2,1-2H3. The van der Waals surface area contributed by atoms with Crippen LogP contribution < -0.4 is 5.46 Å². The molecule has 3 nitrogen and oxygen atoms in total. The Morgan fingerprint density at radius 2 is 1.87 bits per heavy atom. The van der Waals surface area contributed by atoms with Crippen LogP contribution >= 0.6 is 0 Å². The number of benzene rings is 1. The summed E-state index contributed by atoms with van der Waals surface area (Å²) < 4.78 is 0. The van der Waals surface area contributed by atoms with E-state index in [1.165, 1.54) is 0 Å². The van der Waals surface area contributed by atoms with Crippen molar-refractivity contribution in [3.63, 3.8) is 0 Å². The Morgan fingerprint density at radius 3 is 2.40 bits per heavy atom. The van der Waals surface area contributed by atoms with Gasteiger partial charge in [0.15, 0.2) is 0 Å². The molecule has 1 aromatic carbocycles. The molecule has 0 spiro atoms. The molecule has 1 aromatic rings. The summed E-state index contributed by atoms with van der Waals surface area (Å²) in [5, 5.41) is 18.1. The second kappa shape index (κ2) is 5.90. The second-order valence-corrected chi connectivity index (χ2v) is 3.58. The Hall–Kier alpha value is -0.835. The van der Waals surface area contributed by atoms with E-state index in [1.807, 2.05) is 18.2 Å². The molecule has 2 N–H and O–H groups in total. The molecule has 0 fully saturated rings. The van der Waals surface area contributed by atoms with Crippen LogP contribution in [0.1, 0.15) is 19.4 Å². The monoisotopic (exact) mass is 207 g/mol. The van der Waals surface area contributed by atoms with Crippen LogP contribution in [0.25, 0.3) is 0 Å². The minimum absolute atomic E-state index is 0.555. The van der Waals surface area contributed by atoms with Gasteiger partial charge in [-0.05, 0) is 24.1 Å². The van der Waals surface area contributed by atoms with E-state index < -0.39 is 7.12 Å². The van der Waals surface area contributed by atoms with Gasteiger partial charge in [0, 0.05) is 6.54 Å². The largest absolute Gasteiger partial charge is 0.488 e. The van der Waals surface area contributed by atoms with Crippen molar-refractivity contribution in [1.29, 1.82) is 0 Å². The van der Waals surface area contributed by atoms with E-state index in [1.54, 1.807) is 6.07 Å². The SMILES string of the molecule is CCN(CC)Cc1cccc(B(O)O)c1. The van der Waals surface area contributed by atoms with E-state index >= 15 is 0 Å². The van der Waals surface area contributed by atoms with Crippen LogP contribution in [-0.4, -0.2) is 35.2 Å². The van der Waals surface area contributed by atoms with Gasteiger partial charge < -0.3 is 10.0 Å². The van der Waals surface area contributed by atoms with Crippen molar-refractivity contribution in [2.24, 2.45) is 0 Å². The summed E-state index contributed by atoms with van der Waals surface area (Å²) in [5.74, 6) is 0. The third kappa shape index (κ3) is 3.66. The van der Waals surface area contributed by atoms with Gasteiger partial charge in [-0.25, -0.2) is 0 Å². The van der Waals surface area contributed by atoms with Gasteiger partial charge in [-0.1, -0.05) is 38.1 Å². The highest BCUT2D eigenvalue weighted by molar-refractivity contribution is 6.58. The smallest absolute Gasteiger partial charge is 0.423 e. The fraction of sp³-hybridized carbons (Fsp3) is 0.455. The molecule has 0 amide bonds. The maximum Gasteiger partial charge on any atom is 0.488 e. The van der Waals surface area contributed by atoms with Gasteiger partial charge in [0.2, 0.25) is 0 Å². The summed E-state index contributed by atoms with van der Waals surface area (Å²) >= 11 is 0. The number of hydrogen-bond acceptors (Lipinski definition) is 3.